The molecule has 0 aromatic carbocycles. The van der Waals surface area contributed by atoms with Crippen molar-refractivity contribution in [2.24, 2.45) is 0 Å². The average molecular weight is 295 g/mol. The first kappa shape index (κ1) is 13.8. The number of aromatic nitrogens is 1. The van der Waals surface area contributed by atoms with Crippen molar-refractivity contribution >= 4 is 15.7 Å². The second-order valence-corrected chi connectivity index (χ2v) is 7.94. The van der Waals surface area contributed by atoms with Gasteiger partial charge in [-0.3, -0.25) is 0 Å². The molecule has 110 valence electrons. The highest BCUT2D eigenvalue weighted by Crippen LogP contribution is 2.25. The zero-order valence-electron chi connectivity index (χ0n) is 11.5. The molecule has 3 heterocycles. The summed E-state index contributed by atoms with van der Waals surface area (Å²) in [5, 5.41) is 6.63. The lowest BCUT2D eigenvalue weighted by molar-refractivity contribution is 0.453. The fourth-order valence-electron chi connectivity index (χ4n) is 2.99. The monoisotopic (exact) mass is 295 g/mol. The first-order chi connectivity index (χ1) is 9.62. The Morgan fingerprint density at radius 1 is 1.20 bits per heavy atom. The van der Waals surface area contributed by atoms with Crippen LogP contribution in [0.1, 0.15) is 30.9 Å². The molecule has 2 N–H and O–H groups in total. The summed E-state index contributed by atoms with van der Waals surface area (Å²) in [4.78, 5) is 4.67. The van der Waals surface area contributed by atoms with Crippen LogP contribution in [0.3, 0.4) is 0 Å². The van der Waals surface area contributed by atoms with Gasteiger partial charge in [0.05, 0.1) is 11.5 Å². The van der Waals surface area contributed by atoms with Crippen LogP contribution in [0.5, 0.6) is 0 Å². The van der Waals surface area contributed by atoms with Crippen molar-refractivity contribution < 1.29 is 8.42 Å². The molecule has 0 spiro atoms. The van der Waals surface area contributed by atoms with Gasteiger partial charge in [-0.15, -0.1) is 0 Å². The Bertz CT molecular complexity index is 568. The largest absolute Gasteiger partial charge is 0.366 e. The Morgan fingerprint density at radius 2 is 2.00 bits per heavy atom. The minimum Gasteiger partial charge on any atom is -0.366 e. The van der Waals surface area contributed by atoms with Gasteiger partial charge in [-0.25, -0.2) is 13.4 Å². The van der Waals surface area contributed by atoms with Gasteiger partial charge in [0, 0.05) is 17.7 Å². The minimum absolute atomic E-state index is 0.00997. The number of hydrogen-bond acceptors (Lipinski definition) is 5. The first-order valence-electron chi connectivity index (χ1n) is 7.27. The van der Waals surface area contributed by atoms with Gasteiger partial charge in [0.2, 0.25) is 0 Å². The summed E-state index contributed by atoms with van der Waals surface area (Å²) in [6.45, 7) is 2.09. The molecule has 1 unspecified atom stereocenters. The SMILES string of the molecule is O=S1(=O)CCC(Nc2cccc(C3CCNCC3)n2)C1. The summed E-state index contributed by atoms with van der Waals surface area (Å²) >= 11 is 0. The Hall–Kier alpha value is -1.14. The third-order valence-corrected chi connectivity index (χ3v) is 5.88. The number of piperidine rings is 1. The zero-order valence-corrected chi connectivity index (χ0v) is 12.3. The number of sulfone groups is 1. The summed E-state index contributed by atoms with van der Waals surface area (Å²) in [6, 6.07) is 6.02. The quantitative estimate of drug-likeness (QED) is 0.875. The Labute approximate surface area is 120 Å². The predicted molar refractivity (Wildman–Crippen MR) is 79.8 cm³/mol. The fourth-order valence-corrected chi connectivity index (χ4v) is 4.67. The maximum Gasteiger partial charge on any atom is 0.152 e. The molecule has 2 fully saturated rings. The molecule has 1 atom stereocenters. The molecule has 20 heavy (non-hydrogen) atoms. The number of pyridine rings is 1. The molecule has 1 aromatic rings. The van der Waals surface area contributed by atoms with Crippen LogP contribution in [0, 0.1) is 0 Å². The maximum absolute atomic E-state index is 11.5. The van der Waals surface area contributed by atoms with Crippen LogP contribution in [-0.2, 0) is 9.84 Å². The fraction of sp³-hybridized carbons (Fsp3) is 0.643. The van der Waals surface area contributed by atoms with Gasteiger partial charge < -0.3 is 10.6 Å². The summed E-state index contributed by atoms with van der Waals surface area (Å²) < 4.78 is 23.0. The molecule has 0 amide bonds. The first-order valence-corrected chi connectivity index (χ1v) is 9.09. The summed E-state index contributed by atoms with van der Waals surface area (Å²) in [5.74, 6) is 1.85. The van der Waals surface area contributed by atoms with Crippen molar-refractivity contribution in [3.63, 3.8) is 0 Å². The molecule has 3 rings (SSSR count). The lowest BCUT2D eigenvalue weighted by atomic mass is 9.94. The van der Waals surface area contributed by atoms with E-state index in [1.165, 1.54) is 0 Å². The van der Waals surface area contributed by atoms with Gasteiger partial charge in [0.1, 0.15) is 5.82 Å². The average Bonchev–Trinajstić information content (AvgIpc) is 2.79. The van der Waals surface area contributed by atoms with Crippen LogP contribution in [0.25, 0.3) is 0 Å². The molecule has 6 heteroatoms. The molecule has 5 nitrogen and oxygen atoms in total. The number of nitrogens with one attached hydrogen (secondary N) is 2. The van der Waals surface area contributed by atoms with E-state index in [2.05, 4.69) is 21.7 Å². The molecule has 2 aliphatic rings. The Morgan fingerprint density at radius 3 is 2.70 bits per heavy atom. The van der Waals surface area contributed by atoms with Crippen molar-refractivity contribution in [2.45, 2.75) is 31.2 Å². The molecule has 0 bridgehead atoms. The number of anilines is 1. The Balaban J connectivity index is 1.68. The van der Waals surface area contributed by atoms with Gasteiger partial charge in [-0.2, -0.15) is 0 Å². The predicted octanol–water partition coefficient (Wildman–Crippen LogP) is 1.15. The highest BCUT2D eigenvalue weighted by Gasteiger charge is 2.28. The van der Waals surface area contributed by atoms with Crippen LogP contribution in [-0.4, -0.2) is 44.0 Å². The molecule has 0 saturated carbocycles. The van der Waals surface area contributed by atoms with Crippen molar-refractivity contribution in [3.8, 4) is 0 Å². The molecule has 2 aliphatic heterocycles. The molecule has 2 saturated heterocycles. The van der Waals surface area contributed by atoms with E-state index < -0.39 is 9.84 Å². The van der Waals surface area contributed by atoms with Crippen molar-refractivity contribution in [1.82, 2.24) is 10.3 Å². The number of rotatable bonds is 3. The molecular weight excluding hydrogens is 274 g/mol. The van der Waals surface area contributed by atoms with E-state index in [9.17, 15) is 8.42 Å². The van der Waals surface area contributed by atoms with Crippen LogP contribution in [0.2, 0.25) is 0 Å². The molecule has 1 aromatic heterocycles. The third kappa shape index (κ3) is 3.30. The van der Waals surface area contributed by atoms with Crippen molar-refractivity contribution in [2.75, 3.05) is 29.9 Å². The van der Waals surface area contributed by atoms with Gasteiger partial charge in [0.25, 0.3) is 0 Å². The standard InChI is InChI=1S/C14H21N3O2S/c18-20(19)9-6-12(10-20)16-14-3-1-2-13(17-14)11-4-7-15-8-5-11/h1-3,11-12,15H,4-10H2,(H,16,17). The maximum atomic E-state index is 11.5. The van der Waals surface area contributed by atoms with Crippen LogP contribution >= 0.6 is 0 Å². The van der Waals surface area contributed by atoms with E-state index in [0.717, 1.165) is 37.4 Å². The van der Waals surface area contributed by atoms with Gasteiger partial charge in [0.15, 0.2) is 9.84 Å². The summed E-state index contributed by atoms with van der Waals surface area (Å²) in [6.07, 6.45) is 2.92. The van der Waals surface area contributed by atoms with E-state index in [4.69, 9.17) is 0 Å². The van der Waals surface area contributed by atoms with Crippen LogP contribution in [0.4, 0.5) is 5.82 Å². The normalized spacial score (nSPS) is 26.5. The topological polar surface area (TPSA) is 71.1 Å². The molecular formula is C14H21N3O2S. The van der Waals surface area contributed by atoms with Crippen molar-refractivity contribution in [1.29, 1.82) is 0 Å². The van der Waals surface area contributed by atoms with Crippen LogP contribution in [0.15, 0.2) is 18.2 Å². The van der Waals surface area contributed by atoms with E-state index in [-0.39, 0.29) is 11.8 Å². The minimum atomic E-state index is -2.84. The lowest BCUT2D eigenvalue weighted by Crippen LogP contribution is -2.27. The number of hydrogen-bond donors (Lipinski definition) is 2. The smallest absolute Gasteiger partial charge is 0.152 e. The molecule has 0 aliphatic carbocycles. The second kappa shape index (κ2) is 5.69. The van der Waals surface area contributed by atoms with E-state index in [1.54, 1.807) is 0 Å². The van der Waals surface area contributed by atoms with Gasteiger partial charge in [-0.1, -0.05) is 6.07 Å². The van der Waals surface area contributed by atoms with E-state index in [0.29, 0.717) is 18.1 Å². The lowest BCUT2D eigenvalue weighted by Gasteiger charge is -2.22. The zero-order chi connectivity index (χ0) is 14.0. The second-order valence-electron chi connectivity index (χ2n) is 5.72. The van der Waals surface area contributed by atoms with E-state index >= 15 is 0 Å². The third-order valence-electron chi connectivity index (χ3n) is 4.11. The number of nitrogens with zero attached hydrogens (tertiary/aromatic N) is 1. The van der Waals surface area contributed by atoms with E-state index in [1.807, 2.05) is 12.1 Å². The summed E-state index contributed by atoms with van der Waals surface area (Å²) in [7, 11) is -2.84. The Kier molecular flexibility index (Phi) is 3.94. The van der Waals surface area contributed by atoms with Gasteiger partial charge in [-0.05, 0) is 44.5 Å². The summed E-state index contributed by atoms with van der Waals surface area (Å²) in [5.41, 5.74) is 1.12. The molecule has 0 radical (unpaired) electrons. The highest BCUT2D eigenvalue weighted by molar-refractivity contribution is 7.91. The van der Waals surface area contributed by atoms with Gasteiger partial charge >= 0.3 is 0 Å². The highest BCUT2D eigenvalue weighted by atomic mass is 32.2. The van der Waals surface area contributed by atoms with Crippen molar-refractivity contribution in [3.05, 3.63) is 23.9 Å². The van der Waals surface area contributed by atoms with Crippen LogP contribution < -0.4 is 10.6 Å².